The molecule has 6 nitrogen and oxygen atoms in total. The number of rotatable bonds is 6. The Hall–Kier alpha value is -2.08. The molecule has 1 aromatic carbocycles. The highest BCUT2D eigenvalue weighted by molar-refractivity contribution is 5.81. The number of amides is 1. The summed E-state index contributed by atoms with van der Waals surface area (Å²) in [5.74, 6) is -0.000158. The van der Waals surface area contributed by atoms with Crippen LogP contribution in [0.15, 0.2) is 23.0 Å². The van der Waals surface area contributed by atoms with Gasteiger partial charge in [-0.05, 0) is 38.0 Å². The number of H-pyrrole nitrogens is 2. The standard InChI is InChI=1S/C15H22N4O2/c1-4-7-16-14(20)10(3)17-9(2)11-5-6-12-13(8-11)19-15(21)18-12/h5-6,8-10,17H,4,7H2,1-3H3,(H,16,20)(H2,18,19,21). The van der Waals surface area contributed by atoms with Crippen molar-refractivity contribution in [3.8, 4) is 0 Å². The van der Waals surface area contributed by atoms with Gasteiger partial charge in [0.05, 0.1) is 17.1 Å². The van der Waals surface area contributed by atoms with Gasteiger partial charge in [0.25, 0.3) is 0 Å². The third-order valence-corrected chi connectivity index (χ3v) is 3.48. The van der Waals surface area contributed by atoms with Crippen LogP contribution in [0.2, 0.25) is 0 Å². The summed E-state index contributed by atoms with van der Waals surface area (Å²) >= 11 is 0. The average Bonchev–Trinajstić information content (AvgIpc) is 2.83. The molecule has 0 aliphatic heterocycles. The van der Waals surface area contributed by atoms with Crippen molar-refractivity contribution < 1.29 is 4.79 Å². The largest absolute Gasteiger partial charge is 0.355 e. The minimum Gasteiger partial charge on any atom is -0.355 e. The Bertz CT molecular complexity index is 674. The first kappa shape index (κ1) is 15.3. The highest BCUT2D eigenvalue weighted by Gasteiger charge is 2.16. The summed E-state index contributed by atoms with van der Waals surface area (Å²) in [7, 11) is 0. The molecule has 2 aromatic rings. The average molecular weight is 290 g/mol. The van der Waals surface area contributed by atoms with Gasteiger partial charge in [0.2, 0.25) is 5.91 Å². The van der Waals surface area contributed by atoms with E-state index in [1.807, 2.05) is 39.0 Å². The van der Waals surface area contributed by atoms with Gasteiger partial charge in [0.1, 0.15) is 0 Å². The third kappa shape index (κ3) is 3.72. The molecule has 2 rings (SSSR count). The van der Waals surface area contributed by atoms with Gasteiger partial charge in [0.15, 0.2) is 0 Å². The van der Waals surface area contributed by atoms with Crippen molar-refractivity contribution in [2.24, 2.45) is 0 Å². The van der Waals surface area contributed by atoms with E-state index in [9.17, 15) is 9.59 Å². The first-order valence-electron chi connectivity index (χ1n) is 7.27. The van der Waals surface area contributed by atoms with Crippen LogP contribution in [-0.4, -0.2) is 28.5 Å². The second-order valence-corrected chi connectivity index (χ2v) is 5.29. The zero-order valence-electron chi connectivity index (χ0n) is 12.6. The fraction of sp³-hybridized carbons (Fsp3) is 0.467. The molecule has 0 saturated carbocycles. The van der Waals surface area contributed by atoms with E-state index < -0.39 is 0 Å². The maximum atomic E-state index is 11.9. The normalized spacial score (nSPS) is 14.0. The first-order chi connectivity index (χ1) is 10.0. The van der Waals surface area contributed by atoms with Crippen LogP contribution in [0.1, 0.15) is 38.8 Å². The molecule has 0 spiro atoms. The van der Waals surface area contributed by atoms with Gasteiger partial charge in [-0.15, -0.1) is 0 Å². The molecule has 1 amide bonds. The lowest BCUT2D eigenvalue weighted by Crippen LogP contribution is -2.43. The molecule has 2 atom stereocenters. The van der Waals surface area contributed by atoms with E-state index in [0.717, 1.165) is 23.0 Å². The van der Waals surface area contributed by atoms with E-state index in [-0.39, 0.29) is 23.7 Å². The number of fused-ring (bicyclic) bond motifs is 1. The van der Waals surface area contributed by atoms with Gasteiger partial charge < -0.3 is 15.3 Å². The molecule has 1 heterocycles. The Morgan fingerprint density at radius 3 is 2.67 bits per heavy atom. The Kier molecular flexibility index (Phi) is 4.80. The number of nitrogens with one attached hydrogen (secondary N) is 4. The first-order valence-corrected chi connectivity index (χ1v) is 7.27. The van der Waals surface area contributed by atoms with Crippen molar-refractivity contribution in [3.05, 3.63) is 34.2 Å². The van der Waals surface area contributed by atoms with Crippen LogP contribution in [0.3, 0.4) is 0 Å². The Balaban J connectivity index is 2.05. The van der Waals surface area contributed by atoms with Crippen LogP contribution in [0.4, 0.5) is 0 Å². The lowest BCUT2D eigenvalue weighted by Gasteiger charge is -2.20. The quantitative estimate of drug-likeness (QED) is 0.648. The number of carbonyl (C=O) groups excluding carboxylic acids is 1. The molecule has 0 saturated heterocycles. The van der Waals surface area contributed by atoms with Gasteiger partial charge in [-0.25, -0.2) is 4.79 Å². The van der Waals surface area contributed by atoms with Crippen LogP contribution < -0.4 is 16.3 Å². The molecule has 1 aromatic heterocycles. The topological polar surface area (TPSA) is 89.8 Å². The lowest BCUT2D eigenvalue weighted by molar-refractivity contribution is -0.122. The highest BCUT2D eigenvalue weighted by atomic mass is 16.2. The van der Waals surface area contributed by atoms with Crippen LogP contribution in [0, 0.1) is 0 Å². The smallest absolute Gasteiger partial charge is 0.323 e. The Morgan fingerprint density at radius 1 is 1.24 bits per heavy atom. The van der Waals surface area contributed by atoms with E-state index >= 15 is 0 Å². The highest BCUT2D eigenvalue weighted by Crippen LogP contribution is 2.17. The number of hydrogen-bond donors (Lipinski definition) is 4. The van der Waals surface area contributed by atoms with E-state index in [2.05, 4.69) is 20.6 Å². The lowest BCUT2D eigenvalue weighted by atomic mass is 10.1. The predicted octanol–water partition coefficient (Wildman–Crippen LogP) is 1.42. The zero-order valence-corrected chi connectivity index (χ0v) is 12.6. The fourth-order valence-electron chi connectivity index (χ4n) is 2.27. The van der Waals surface area contributed by atoms with Gasteiger partial charge in [-0.1, -0.05) is 13.0 Å². The van der Waals surface area contributed by atoms with Crippen LogP contribution in [0.25, 0.3) is 11.0 Å². The number of aromatic amines is 2. The van der Waals surface area contributed by atoms with Crippen LogP contribution in [0.5, 0.6) is 0 Å². The molecular formula is C15H22N4O2. The summed E-state index contributed by atoms with van der Waals surface area (Å²) in [5, 5.41) is 6.13. The van der Waals surface area contributed by atoms with E-state index in [0.29, 0.717) is 6.54 Å². The number of aromatic nitrogens is 2. The molecule has 0 fully saturated rings. The summed E-state index contributed by atoms with van der Waals surface area (Å²) in [4.78, 5) is 28.6. The van der Waals surface area contributed by atoms with Crippen molar-refractivity contribution in [2.75, 3.05) is 6.54 Å². The second-order valence-electron chi connectivity index (χ2n) is 5.29. The maximum absolute atomic E-state index is 11.9. The summed E-state index contributed by atoms with van der Waals surface area (Å²) in [6.07, 6.45) is 0.922. The molecule has 4 N–H and O–H groups in total. The SMILES string of the molecule is CCCNC(=O)C(C)NC(C)c1ccc2[nH]c(=O)[nH]c2c1. The molecule has 0 bridgehead atoms. The molecule has 21 heavy (non-hydrogen) atoms. The summed E-state index contributed by atoms with van der Waals surface area (Å²) in [5.41, 5.74) is 2.36. The van der Waals surface area contributed by atoms with Gasteiger partial charge in [0, 0.05) is 12.6 Å². The van der Waals surface area contributed by atoms with Gasteiger partial charge in [-0.2, -0.15) is 0 Å². The fourth-order valence-corrected chi connectivity index (χ4v) is 2.27. The van der Waals surface area contributed by atoms with Crippen molar-refractivity contribution in [1.29, 1.82) is 0 Å². The molecule has 114 valence electrons. The summed E-state index contributed by atoms with van der Waals surface area (Å²) in [6.45, 7) is 6.55. The molecule has 0 aliphatic rings. The Labute approximate surface area is 123 Å². The molecule has 0 radical (unpaired) electrons. The summed E-state index contributed by atoms with van der Waals surface area (Å²) in [6, 6.07) is 5.47. The molecule has 2 unspecified atom stereocenters. The number of benzene rings is 1. The molecular weight excluding hydrogens is 268 g/mol. The zero-order chi connectivity index (χ0) is 15.4. The molecule has 0 aliphatic carbocycles. The van der Waals surface area contributed by atoms with Crippen LogP contribution in [-0.2, 0) is 4.79 Å². The van der Waals surface area contributed by atoms with Crippen molar-refractivity contribution in [1.82, 2.24) is 20.6 Å². The minimum atomic E-state index is -0.271. The number of carbonyl (C=O) groups is 1. The van der Waals surface area contributed by atoms with Crippen LogP contribution >= 0.6 is 0 Å². The second kappa shape index (κ2) is 6.58. The number of imidazole rings is 1. The van der Waals surface area contributed by atoms with Crippen molar-refractivity contribution in [3.63, 3.8) is 0 Å². The Morgan fingerprint density at radius 2 is 1.95 bits per heavy atom. The van der Waals surface area contributed by atoms with Gasteiger partial charge in [-0.3, -0.25) is 10.1 Å². The van der Waals surface area contributed by atoms with E-state index in [4.69, 9.17) is 0 Å². The minimum absolute atomic E-state index is 0.000158. The van der Waals surface area contributed by atoms with E-state index in [1.54, 1.807) is 0 Å². The van der Waals surface area contributed by atoms with Gasteiger partial charge >= 0.3 is 5.69 Å². The van der Waals surface area contributed by atoms with Crippen molar-refractivity contribution in [2.45, 2.75) is 39.3 Å². The monoisotopic (exact) mass is 290 g/mol. The maximum Gasteiger partial charge on any atom is 0.323 e. The van der Waals surface area contributed by atoms with E-state index in [1.165, 1.54) is 0 Å². The van der Waals surface area contributed by atoms with Crippen molar-refractivity contribution >= 4 is 16.9 Å². The summed E-state index contributed by atoms with van der Waals surface area (Å²) < 4.78 is 0. The third-order valence-electron chi connectivity index (χ3n) is 3.48. The molecule has 6 heteroatoms. The number of hydrogen-bond acceptors (Lipinski definition) is 3. The predicted molar refractivity (Wildman–Crippen MR) is 83.2 cm³/mol.